The summed E-state index contributed by atoms with van der Waals surface area (Å²) in [4.78, 5) is 18.7. The van der Waals surface area contributed by atoms with Crippen LogP contribution in [0.4, 0.5) is 0 Å². The molecule has 0 bridgehead atoms. The Morgan fingerprint density at radius 2 is 2.00 bits per heavy atom. The lowest BCUT2D eigenvalue weighted by Crippen LogP contribution is -2.30. The minimum absolute atomic E-state index is 0.0809. The molecule has 0 N–H and O–H groups in total. The van der Waals surface area contributed by atoms with Crippen LogP contribution in [0.3, 0.4) is 0 Å². The molecule has 128 valence electrons. The zero-order valence-electron chi connectivity index (χ0n) is 14.4. The van der Waals surface area contributed by atoms with E-state index in [0.717, 1.165) is 5.56 Å². The molecule has 0 unspecified atom stereocenters. The number of pyridine rings is 1. The van der Waals surface area contributed by atoms with Gasteiger partial charge in [0.25, 0.3) is 5.91 Å². The molecule has 24 heavy (non-hydrogen) atoms. The van der Waals surface area contributed by atoms with Crippen molar-refractivity contribution in [3.8, 4) is 5.75 Å². The number of aromatic nitrogens is 1. The first-order valence-corrected chi connectivity index (χ1v) is 8.11. The Morgan fingerprint density at radius 1 is 1.21 bits per heavy atom. The van der Waals surface area contributed by atoms with Crippen molar-refractivity contribution in [2.45, 2.75) is 19.9 Å². The lowest BCUT2D eigenvalue weighted by molar-refractivity contribution is 0.0732. The average molecular weight is 328 g/mol. The molecule has 0 radical (unpaired) electrons. The first kappa shape index (κ1) is 17.9. The molecule has 0 saturated carbocycles. The average Bonchev–Trinajstić information content (AvgIpc) is 2.64. The maximum absolute atomic E-state index is 12.9. The molecular weight excluding hydrogens is 304 g/mol. The Bertz CT molecular complexity index is 646. The Morgan fingerprint density at radius 3 is 2.71 bits per heavy atom. The summed E-state index contributed by atoms with van der Waals surface area (Å²) >= 11 is 0. The summed E-state index contributed by atoms with van der Waals surface area (Å²) in [5.74, 6) is 0.491. The van der Waals surface area contributed by atoms with Gasteiger partial charge in [0, 0.05) is 26.0 Å². The number of benzene rings is 1. The van der Waals surface area contributed by atoms with Crippen LogP contribution in [-0.4, -0.2) is 42.7 Å². The van der Waals surface area contributed by atoms with Crippen molar-refractivity contribution in [3.63, 3.8) is 0 Å². The maximum atomic E-state index is 12.9. The third kappa shape index (κ3) is 4.55. The lowest BCUT2D eigenvalue weighted by atomic mass is 10.1. The molecule has 0 aliphatic heterocycles. The predicted octanol–water partition coefficient (Wildman–Crippen LogP) is 3.33. The van der Waals surface area contributed by atoms with Crippen molar-refractivity contribution in [1.29, 1.82) is 0 Å². The Balaban J connectivity index is 2.11. The molecule has 5 heteroatoms. The van der Waals surface area contributed by atoms with E-state index >= 15 is 0 Å². The molecule has 2 aromatic rings. The number of amides is 1. The standard InChI is InChI=1S/C19H24N2O3/c1-4-23-12-13-24-18-10-6-5-9-17(18)19(22)21(3)15(2)16-8-7-11-20-14-16/h5-11,14-15H,4,12-13H2,1-3H3/t15-/m1/s1. The van der Waals surface area contributed by atoms with Crippen LogP contribution in [0, 0.1) is 0 Å². The maximum Gasteiger partial charge on any atom is 0.257 e. The summed E-state index contributed by atoms with van der Waals surface area (Å²) in [7, 11) is 1.79. The Hall–Kier alpha value is -2.40. The number of rotatable bonds is 8. The van der Waals surface area contributed by atoms with Gasteiger partial charge in [-0.05, 0) is 37.6 Å². The van der Waals surface area contributed by atoms with Crippen molar-refractivity contribution in [2.75, 3.05) is 26.9 Å². The van der Waals surface area contributed by atoms with Crippen molar-refractivity contribution in [2.24, 2.45) is 0 Å². The number of para-hydroxylation sites is 1. The molecule has 1 aromatic carbocycles. The van der Waals surface area contributed by atoms with Crippen LogP contribution in [0.25, 0.3) is 0 Å². The third-order valence-corrected chi connectivity index (χ3v) is 3.87. The van der Waals surface area contributed by atoms with E-state index in [4.69, 9.17) is 9.47 Å². The van der Waals surface area contributed by atoms with Crippen LogP contribution in [0.1, 0.15) is 35.8 Å². The molecule has 5 nitrogen and oxygen atoms in total. The number of carbonyl (C=O) groups excluding carboxylic acids is 1. The number of nitrogens with zero attached hydrogens (tertiary/aromatic N) is 2. The first-order valence-electron chi connectivity index (χ1n) is 8.11. The molecule has 0 aliphatic carbocycles. The highest BCUT2D eigenvalue weighted by molar-refractivity contribution is 5.97. The van der Waals surface area contributed by atoms with Gasteiger partial charge in [-0.2, -0.15) is 0 Å². The highest BCUT2D eigenvalue weighted by atomic mass is 16.5. The summed E-state index contributed by atoms with van der Waals surface area (Å²) in [5.41, 5.74) is 1.54. The van der Waals surface area contributed by atoms with Gasteiger partial charge in [0.15, 0.2) is 0 Å². The van der Waals surface area contributed by atoms with Gasteiger partial charge in [-0.1, -0.05) is 18.2 Å². The van der Waals surface area contributed by atoms with Gasteiger partial charge in [0.1, 0.15) is 12.4 Å². The molecule has 0 aliphatic rings. The normalized spacial score (nSPS) is 11.8. The summed E-state index contributed by atoms with van der Waals surface area (Å²) in [6, 6.07) is 11.0. The fourth-order valence-corrected chi connectivity index (χ4v) is 2.34. The van der Waals surface area contributed by atoms with E-state index in [2.05, 4.69) is 4.98 Å². The molecular formula is C19H24N2O3. The lowest BCUT2D eigenvalue weighted by Gasteiger charge is -2.26. The molecule has 1 amide bonds. The molecule has 0 spiro atoms. The van der Waals surface area contributed by atoms with Gasteiger partial charge in [-0.15, -0.1) is 0 Å². The summed E-state index contributed by atoms with van der Waals surface area (Å²) in [6.45, 7) is 5.48. The second kappa shape index (κ2) is 9.03. The molecule has 1 atom stereocenters. The van der Waals surface area contributed by atoms with E-state index in [1.807, 2.05) is 44.2 Å². The number of hydrogen-bond acceptors (Lipinski definition) is 4. The SMILES string of the molecule is CCOCCOc1ccccc1C(=O)N(C)[C@H](C)c1cccnc1. The summed E-state index contributed by atoms with van der Waals surface area (Å²) in [5, 5.41) is 0. The topological polar surface area (TPSA) is 51.7 Å². The molecule has 0 fully saturated rings. The third-order valence-electron chi connectivity index (χ3n) is 3.87. The molecule has 2 rings (SSSR count). The second-order valence-corrected chi connectivity index (χ2v) is 5.42. The van der Waals surface area contributed by atoms with E-state index in [1.54, 1.807) is 30.4 Å². The van der Waals surface area contributed by atoms with E-state index in [0.29, 0.717) is 31.1 Å². The number of hydrogen-bond donors (Lipinski definition) is 0. The quantitative estimate of drug-likeness (QED) is 0.698. The minimum atomic E-state index is -0.0848. The van der Waals surface area contributed by atoms with E-state index in [9.17, 15) is 4.79 Å². The first-order chi connectivity index (χ1) is 11.6. The second-order valence-electron chi connectivity index (χ2n) is 5.42. The summed E-state index contributed by atoms with van der Waals surface area (Å²) in [6.07, 6.45) is 3.50. The van der Waals surface area contributed by atoms with Crippen LogP contribution in [0.2, 0.25) is 0 Å². The fourth-order valence-electron chi connectivity index (χ4n) is 2.34. The van der Waals surface area contributed by atoms with Crippen LogP contribution in [0.15, 0.2) is 48.8 Å². The van der Waals surface area contributed by atoms with Crippen LogP contribution in [0.5, 0.6) is 5.75 Å². The van der Waals surface area contributed by atoms with E-state index in [1.165, 1.54) is 0 Å². The Kier molecular flexibility index (Phi) is 6.75. The fraction of sp³-hybridized carbons (Fsp3) is 0.368. The molecule has 1 heterocycles. The highest BCUT2D eigenvalue weighted by Crippen LogP contribution is 2.24. The Labute approximate surface area is 143 Å². The van der Waals surface area contributed by atoms with Gasteiger partial charge in [0.05, 0.1) is 18.2 Å². The van der Waals surface area contributed by atoms with Crippen LogP contribution >= 0.6 is 0 Å². The molecule has 1 aromatic heterocycles. The van der Waals surface area contributed by atoms with Gasteiger partial charge in [0.2, 0.25) is 0 Å². The van der Waals surface area contributed by atoms with Crippen LogP contribution in [-0.2, 0) is 4.74 Å². The van der Waals surface area contributed by atoms with E-state index < -0.39 is 0 Å². The van der Waals surface area contributed by atoms with E-state index in [-0.39, 0.29) is 11.9 Å². The largest absolute Gasteiger partial charge is 0.490 e. The monoisotopic (exact) mass is 328 g/mol. The van der Waals surface area contributed by atoms with Crippen molar-refractivity contribution in [1.82, 2.24) is 9.88 Å². The van der Waals surface area contributed by atoms with Crippen molar-refractivity contribution in [3.05, 3.63) is 59.9 Å². The number of carbonyl (C=O) groups is 1. The van der Waals surface area contributed by atoms with Gasteiger partial charge in [-0.25, -0.2) is 0 Å². The zero-order chi connectivity index (χ0) is 17.4. The highest BCUT2D eigenvalue weighted by Gasteiger charge is 2.21. The van der Waals surface area contributed by atoms with Crippen molar-refractivity contribution >= 4 is 5.91 Å². The smallest absolute Gasteiger partial charge is 0.257 e. The minimum Gasteiger partial charge on any atom is -0.490 e. The van der Waals surface area contributed by atoms with Gasteiger partial charge >= 0.3 is 0 Å². The summed E-state index contributed by atoms with van der Waals surface area (Å²) < 4.78 is 11.0. The number of ether oxygens (including phenoxy) is 2. The van der Waals surface area contributed by atoms with Crippen molar-refractivity contribution < 1.29 is 14.3 Å². The predicted molar refractivity (Wildman–Crippen MR) is 93.2 cm³/mol. The van der Waals surface area contributed by atoms with Gasteiger partial charge < -0.3 is 14.4 Å². The molecule has 0 saturated heterocycles. The van der Waals surface area contributed by atoms with Crippen LogP contribution < -0.4 is 4.74 Å². The van der Waals surface area contributed by atoms with Gasteiger partial charge in [-0.3, -0.25) is 9.78 Å². The zero-order valence-corrected chi connectivity index (χ0v) is 14.4.